The van der Waals surface area contributed by atoms with Crippen LogP contribution in [0.25, 0.3) is 0 Å². The molecule has 2 aromatic rings. The molecule has 12 heteroatoms. The second-order valence-corrected chi connectivity index (χ2v) is 11.8. The van der Waals surface area contributed by atoms with Crippen molar-refractivity contribution in [3.63, 3.8) is 0 Å². The van der Waals surface area contributed by atoms with Gasteiger partial charge in [0.25, 0.3) is 0 Å². The number of carbonyl (C=O) groups excluding carboxylic acids is 2. The minimum absolute atomic E-state index is 0.0923. The van der Waals surface area contributed by atoms with E-state index in [9.17, 15) is 18.0 Å². The lowest BCUT2D eigenvalue weighted by atomic mass is 10.1. The maximum Gasteiger partial charge on any atom is 0.244 e. The average molecular weight is 597 g/mol. The van der Waals surface area contributed by atoms with Gasteiger partial charge in [-0.2, -0.15) is 0 Å². The van der Waals surface area contributed by atoms with Gasteiger partial charge in [-0.1, -0.05) is 72.7 Å². The van der Waals surface area contributed by atoms with Crippen LogP contribution in [-0.2, 0) is 26.2 Å². The van der Waals surface area contributed by atoms with E-state index in [1.165, 1.54) is 23.1 Å². The number of carbonyl (C=O) groups is 2. The number of hydrogen-bond donors (Lipinski definition) is 1. The molecule has 0 aromatic heterocycles. The molecule has 0 aliphatic rings. The van der Waals surface area contributed by atoms with E-state index in [4.69, 9.17) is 46.4 Å². The summed E-state index contributed by atoms with van der Waals surface area (Å²) in [5, 5.41) is 3.91. The first kappa shape index (κ1) is 30.5. The lowest BCUT2D eigenvalue weighted by molar-refractivity contribution is -0.140. The molecular weight excluding hydrogens is 568 g/mol. The molecule has 36 heavy (non-hydrogen) atoms. The average Bonchev–Trinajstić information content (AvgIpc) is 2.77. The Balaban J connectivity index is 2.49. The molecule has 0 aliphatic heterocycles. The first-order chi connectivity index (χ1) is 16.9. The molecule has 2 aromatic carbocycles. The van der Waals surface area contributed by atoms with E-state index in [0.717, 1.165) is 23.4 Å². The highest BCUT2D eigenvalue weighted by Crippen LogP contribution is 2.29. The second-order valence-electron chi connectivity index (χ2n) is 8.19. The molecule has 0 aliphatic carbocycles. The Morgan fingerprint density at radius 3 is 2.08 bits per heavy atom. The SMILES string of the molecule is CCCCNC(=O)[C@H](CC)N(Cc1c(Cl)cccc1Cl)C(=O)CN(c1cc(Cl)cc(Cl)c1)S(C)(=O)=O. The highest BCUT2D eigenvalue weighted by molar-refractivity contribution is 7.92. The maximum atomic E-state index is 13.7. The fraction of sp³-hybridized carbons (Fsp3) is 0.417. The Labute approximate surface area is 232 Å². The van der Waals surface area contributed by atoms with E-state index in [2.05, 4.69) is 5.32 Å². The van der Waals surface area contributed by atoms with E-state index >= 15 is 0 Å². The van der Waals surface area contributed by atoms with Crippen molar-refractivity contribution in [3.8, 4) is 0 Å². The molecule has 0 unspecified atom stereocenters. The zero-order chi connectivity index (χ0) is 27.0. The van der Waals surface area contributed by atoms with Crippen molar-refractivity contribution in [3.05, 3.63) is 62.1 Å². The van der Waals surface area contributed by atoms with Crippen molar-refractivity contribution in [2.45, 2.75) is 45.7 Å². The summed E-state index contributed by atoms with van der Waals surface area (Å²) in [7, 11) is -3.92. The molecule has 2 amide bonds. The van der Waals surface area contributed by atoms with Crippen LogP contribution in [0.15, 0.2) is 36.4 Å². The highest BCUT2D eigenvalue weighted by Gasteiger charge is 2.32. The third-order valence-corrected chi connectivity index (χ3v) is 7.71. The Hall–Kier alpha value is -1.71. The Morgan fingerprint density at radius 1 is 1.00 bits per heavy atom. The van der Waals surface area contributed by atoms with E-state index in [0.29, 0.717) is 22.2 Å². The fourth-order valence-corrected chi connectivity index (χ4v) is 5.44. The number of amides is 2. The van der Waals surface area contributed by atoms with Crippen molar-refractivity contribution in [1.29, 1.82) is 0 Å². The largest absolute Gasteiger partial charge is 0.354 e. The lowest BCUT2D eigenvalue weighted by Gasteiger charge is -2.33. The van der Waals surface area contributed by atoms with Crippen LogP contribution in [0, 0.1) is 0 Å². The first-order valence-electron chi connectivity index (χ1n) is 11.3. The van der Waals surface area contributed by atoms with E-state index in [1.54, 1.807) is 25.1 Å². The molecule has 0 saturated heterocycles. The number of benzene rings is 2. The fourth-order valence-electron chi connectivity index (χ4n) is 3.58. The zero-order valence-corrected chi connectivity index (χ0v) is 24.1. The number of sulfonamides is 1. The third-order valence-electron chi connectivity index (χ3n) is 5.42. The summed E-state index contributed by atoms with van der Waals surface area (Å²) in [5.41, 5.74) is 0.574. The van der Waals surface area contributed by atoms with Crippen molar-refractivity contribution >= 4 is 73.9 Å². The molecule has 1 N–H and O–H groups in total. The minimum atomic E-state index is -3.92. The summed E-state index contributed by atoms with van der Waals surface area (Å²) in [6, 6.07) is 8.29. The van der Waals surface area contributed by atoms with Crippen molar-refractivity contribution in [1.82, 2.24) is 10.2 Å². The van der Waals surface area contributed by atoms with Gasteiger partial charge in [0, 0.05) is 38.7 Å². The summed E-state index contributed by atoms with van der Waals surface area (Å²) in [6.45, 7) is 3.54. The number of nitrogens with zero attached hydrogens (tertiary/aromatic N) is 2. The third kappa shape index (κ3) is 8.42. The molecule has 1 atom stereocenters. The van der Waals surface area contributed by atoms with Crippen LogP contribution in [0.5, 0.6) is 0 Å². The van der Waals surface area contributed by atoms with E-state index in [1.807, 2.05) is 6.92 Å². The maximum absolute atomic E-state index is 13.7. The summed E-state index contributed by atoms with van der Waals surface area (Å²) in [6.07, 6.45) is 2.93. The predicted octanol–water partition coefficient (Wildman–Crippen LogP) is 5.79. The predicted molar refractivity (Wildman–Crippen MR) is 148 cm³/mol. The quantitative estimate of drug-likeness (QED) is 0.314. The van der Waals surface area contributed by atoms with Crippen molar-refractivity contribution in [2.75, 3.05) is 23.7 Å². The highest BCUT2D eigenvalue weighted by atomic mass is 35.5. The van der Waals surface area contributed by atoms with E-state index < -0.39 is 28.5 Å². The van der Waals surface area contributed by atoms with Crippen LogP contribution in [0.3, 0.4) is 0 Å². The summed E-state index contributed by atoms with van der Waals surface area (Å²) >= 11 is 24.9. The van der Waals surface area contributed by atoms with Gasteiger partial charge in [-0.3, -0.25) is 13.9 Å². The van der Waals surface area contributed by atoms with Gasteiger partial charge >= 0.3 is 0 Å². The molecule has 7 nitrogen and oxygen atoms in total. The topological polar surface area (TPSA) is 86.8 Å². The van der Waals surface area contributed by atoms with E-state index in [-0.39, 0.29) is 34.6 Å². The molecule has 0 heterocycles. The number of anilines is 1. The minimum Gasteiger partial charge on any atom is -0.354 e. The van der Waals surface area contributed by atoms with Crippen LogP contribution in [0.1, 0.15) is 38.7 Å². The number of hydrogen-bond acceptors (Lipinski definition) is 4. The van der Waals surface area contributed by atoms with Gasteiger partial charge in [-0.15, -0.1) is 0 Å². The molecule has 0 radical (unpaired) electrons. The van der Waals surface area contributed by atoms with Gasteiger partial charge in [0.2, 0.25) is 21.8 Å². The van der Waals surface area contributed by atoms with Gasteiger partial charge in [0.15, 0.2) is 0 Å². The van der Waals surface area contributed by atoms with Crippen LogP contribution in [0.2, 0.25) is 20.1 Å². The molecule has 0 fully saturated rings. The van der Waals surface area contributed by atoms with Crippen LogP contribution < -0.4 is 9.62 Å². The number of nitrogens with one attached hydrogen (secondary N) is 1. The Morgan fingerprint density at radius 2 is 1.58 bits per heavy atom. The van der Waals surface area contributed by atoms with Gasteiger partial charge in [0.1, 0.15) is 12.6 Å². The molecular formula is C24H29Cl4N3O4S. The molecule has 198 valence electrons. The molecule has 0 saturated carbocycles. The number of unbranched alkanes of at least 4 members (excludes halogenated alkanes) is 1. The number of rotatable bonds is 12. The van der Waals surface area contributed by atoms with Crippen molar-refractivity contribution in [2.24, 2.45) is 0 Å². The lowest BCUT2D eigenvalue weighted by Crippen LogP contribution is -2.52. The summed E-state index contributed by atoms with van der Waals surface area (Å²) in [4.78, 5) is 28.1. The monoisotopic (exact) mass is 595 g/mol. The Kier molecular flexibility index (Phi) is 11.6. The first-order valence-corrected chi connectivity index (χ1v) is 14.7. The number of halogens is 4. The van der Waals surface area contributed by atoms with Gasteiger partial charge in [-0.05, 0) is 43.2 Å². The van der Waals surface area contributed by atoms with Crippen LogP contribution in [-0.4, -0.2) is 50.5 Å². The van der Waals surface area contributed by atoms with Gasteiger partial charge in [0.05, 0.1) is 11.9 Å². The normalized spacial score (nSPS) is 12.2. The van der Waals surface area contributed by atoms with Crippen LogP contribution >= 0.6 is 46.4 Å². The zero-order valence-electron chi connectivity index (χ0n) is 20.2. The molecule has 0 bridgehead atoms. The molecule has 2 rings (SSSR count). The van der Waals surface area contributed by atoms with Gasteiger partial charge in [-0.25, -0.2) is 8.42 Å². The smallest absolute Gasteiger partial charge is 0.244 e. The van der Waals surface area contributed by atoms with Crippen LogP contribution in [0.4, 0.5) is 5.69 Å². The standard InChI is InChI=1S/C24H29Cl4N3O4S/c1-4-6-10-29-24(33)22(5-2)30(14-19-20(27)8-7-9-21(19)28)23(32)15-31(36(3,34)35)18-12-16(25)11-17(26)13-18/h7-9,11-13,22H,4-6,10,14-15H2,1-3H3,(H,29,33)/t22-/m0/s1. The van der Waals surface area contributed by atoms with Gasteiger partial charge < -0.3 is 10.2 Å². The second kappa shape index (κ2) is 13.7. The van der Waals surface area contributed by atoms with Crippen molar-refractivity contribution < 1.29 is 18.0 Å². The summed E-state index contributed by atoms with van der Waals surface area (Å²) in [5.74, 6) is -0.968. The molecule has 0 spiro atoms. The Bertz CT molecular complexity index is 1150. The summed E-state index contributed by atoms with van der Waals surface area (Å²) < 4.78 is 26.2.